The Hall–Kier alpha value is -1.00. The number of hydrogen-bond donors (Lipinski definition) is 1. The molecule has 2 rings (SSSR count). The standard InChI is InChI=1S/C15H23NO3.ClH/c1-10(2)8-13-14(15(17)18)12(11(3)19-13)9-16-6-4-5-7-16;/h10H,4-9H2,1-3H3,(H,17,18);1H. The smallest absolute Gasteiger partial charge is 0.339 e. The van der Waals surface area contributed by atoms with Crippen molar-refractivity contribution >= 4 is 18.4 Å². The highest BCUT2D eigenvalue weighted by Crippen LogP contribution is 2.27. The van der Waals surface area contributed by atoms with Crippen LogP contribution in [0, 0.1) is 12.8 Å². The number of hydrogen-bond acceptors (Lipinski definition) is 3. The van der Waals surface area contributed by atoms with Gasteiger partial charge in [-0.1, -0.05) is 13.8 Å². The van der Waals surface area contributed by atoms with E-state index in [1.165, 1.54) is 12.8 Å². The molecule has 5 heteroatoms. The van der Waals surface area contributed by atoms with E-state index in [1.54, 1.807) is 0 Å². The molecule has 1 fully saturated rings. The summed E-state index contributed by atoms with van der Waals surface area (Å²) >= 11 is 0. The summed E-state index contributed by atoms with van der Waals surface area (Å²) in [5, 5.41) is 9.47. The Morgan fingerprint density at radius 3 is 2.45 bits per heavy atom. The van der Waals surface area contributed by atoms with E-state index in [1.807, 2.05) is 6.92 Å². The molecular weight excluding hydrogens is 278 g/mol. The number of carbonyl (C=O) groups is 1. The third kappa shape index (κ3) is 3.76. The van der Waals surface area contributed by atoms with Crippen LogP contribution in [0.3, 0.4) is 0 Å². The summed E-state index contributed by atoms with van der Waals surface area (Å²) in [5.41, 5.74) is 1.27. The Kier molecular flexibility index (Phi) is 6.08. The zero-order valence-electron chi connectivity index (χ0n) is 12.4. The van der Waals surface area contributed by atoms with Crippen LogP contribution < -0.4 is 0 Å². The maximum Gasteiger partial charge on any atom is 0.339 e. The molecular formula is C15H24ClNO3. The van der Waals surface area contributed by atoms with Gasteiger partial charge in [-0.2, -0.15) is 0 Å². The van der Waals surface area contributed by atoms with E-state index in [0.717, 1.165) is 24.4 Å². The second-order valence-electron chi connectivity index (χ2n) is 5.82. The zero-order valence-corrected chi connectivity index (χ0v) is 13.3. The summed E-state index contributed by atoms with van der Waals surface area (Å²) in [6.07, 6.45) is 3.10. The second-order valence-corrected chi connectivity index (χ2v) is 5.82. The van der Waals surface area contributed by atoms with Crippen LogP contribution in [0.5, 0.6) is 0 Å². The minimum Gasteiger partial charge on any atom is -0.478 e. The monoisotopic (exact) mass is 301 g/mol. The Labute approximate surface area is 126 Å². The van der Waals surface area contributed by atoms with E-state index in [2.05, 4.69) is 18.7 Å². The lowest BCUT2D eigenvalue weighted by atomic mass is 10.0. The summed E-state index contributed by atoms with van der Waals surface area (Å²) < 4.78 is 5.72. The molecule has 0 atom stereocenters. The van der Waals surface area contributed by atoms with Crippen molar-refractivity contribution in [1.82, 2.24) is 4.90 Å². The van der Waals surface area contributed by atoms with Crippen LogP contribution in [-0.2, 0) is 13.0 Å². The Morgan fingerprint density at radius 2 is 1.95 bits per heavy atom. The maximum atomic E-state index is 11.5. The van der Waals surface area contributed by atoms with Gasteiger partial charge >= 0.3 is 5.97 Å². The molecule has 0 bridgehead atoms. The SMILES string of the molecule is Cc1oc(CC(C)C)c(C(=O)O)c1CN1CCCC1.Cl. The van der Waals surface area contributed by atoms with Gasteiger partial charge in [0.2, 0.25) is 0 Å². The first kappa shape index (κ1) is 17.1. The molecule has 1 aromatic heterocycles. The number of likely N-dealkylation sites (tertiary alicyclic amines) is 1. The van der Waals surface area contributed by atoms with Gasteiger partial charge in [-0.15, -0.1) is 12.4 Å². The van der Waals surface area contributed by atoms with Gasteiger partial charge in [-0.05, 0) is 38.8 Å². The Bertz CT molecular complexity index is 462. The molecule has 1 saturated heterocycles. The highest BCUT2D eigenvalue weighted by atomic mass is 35.5. The lowest BCUT2D eigenvalue weighted by Gasteiger charge is -2.14. The van der Waals surface area contributed by atoms with Crippen LogP contribution in [0.25, 0.3) is 0 Å². The quantitative estimate of drug-likeness (QED) is 0.904. The molecule has 0 radical (unpaired) electrons. The minimum absolute atomic E-state index is 0. The molecule has 1 aromatic rings. The van der Waals surface area contributed by atoms with Gasteiger partial charge in [0, 0.05) is 18.5 Å². The molecule has 0 amide bonds. The fourth-order valence-corrected chi connectivity index (χ4v) is 2.76. The van der Waals surface area contributed by atoms with Crippen molar-refractivity contribution in [3.8, 4) is 0 Å². The maximum absolute atomic E-state index is 11.5. The van der Waals surface area contributed by atoms with E-state index >= 15 is 0 Å². The van der Waals surface area contributed by atoms with E-state index < -0.39 is 5.97 Å². The third-order valence-corrected chi connectivity index (χ3v) is 3.67. The van der Waals surface area contributed by atoms with Gasteiger partial charge in [0.1, 0.15) is 17.1 Å². The average Bonchev–Trinajstić information content (AvgIpc) is 2.88. The van der Waals surface area contributed by atoms with E-state index in [0.29, 0.717) is 30.2 Å². The van der Waals surface area contributed by atoms with Crippen molar-refractivity contribution < 1.29 is 14.3 Å². The zero-order chi connectivity index (χ0) is 14.0. The topological polar surface area (TPSA) is 53.7 Å². The van der Waals surface area contributed by atoms with Crippen molar-refractivity contribution in [3.05, 3.63) is 22.6 Å². The number of rotatable bonds is 5. The summed E-state index contributed by atoms with van der Waals surface area (Å²) in [5.74, 6) is 0.930. The fraction of sp³-hybridized carbons (Fsp3) is 0.667. The van der Waals surface area contributed by atoms with Crippen molar-refractivity contribution in [2.45, 2.75) is 46.6 Å². The number of carboxylic acids is 1. The van der Waals surface area contributed by atoms with Gasteiger partial charge < -0.3 is 9.52 Å². The molecule has 0 aliphatic carbocycles. The number of furan rings is 1. The van der Waals surface area contributed by atoms with E-state index in [-0.39, 0.29) is 12.4 Å². The van der Waals surface area contributed by atoms with Gasteiger partial charge in [-0.25, -0.2) is 4.79 Å². The van der Waals surface area contributed by atoms with Crippen molar-refractivity contribution in [3.63, 3.8) is 0 Å². The van der Waals surface area contributed by atoms with Crippen LogP contribution in [0.2, 0.25) is 0 Å². The highest BCUT2D eigenvalue weighted by molar-refractivity contribution is 5.91. The molecule has 0 spiro atoms. The molecule has 0 aromatic carbocycles. The van der Waals surface area contributed by atoms with Crippen molar-refractivity contribution in [2.24, 2.45) is 5.92 Å². The Morgan fingerprint density at radius 1 is 1.35 bits per heavy atom. The number of carboxylic acid groups (broad SMARTS) is 1. The summed E-state index contributed by atoms with van der Waals surface area (Å²) in [7, 11) is 0. The number of halogens is 1. The number of aryl methyl sites for hydroxylation is 1. The Balaban J connectivity index is 0.00000200. The van der Waals surface area contributed by atoms with Crippen molar-refractivity contribution in [2.75, 3.05) is 13.1 Å². The van der Waals surface area contributed by atoms with Gasteiger partial charge in [-0.3, -0.25) is 4.90 Å². The molecule has 0 unspecified atom stereocenters. The first-order valence-corrected chi connectivity index (χ1v) is 7.05. The molecule has 114 valence electrons. The minimum atomic E-state index is -0.860. The predicted molar refractivity (Wildman–Crippen MR) is 80.7 cm³/mol. The normalized spacial score (nSPS) is 15.6. The molecule has 4 nitrogen and oxygen atoms in total. The fourth-order valence-electron chi connectivity index (χ4n) is 2.76. The van der Waals surface area contributed by atoms with Crippen LogP contribution in [-0.4, -0.2) is 29.1 Å². The lowest BCUT2D eigenvalue weighted by Crippen LogP contribution is -2.20. The molecule has 2 heterocycles. The number of nitrogens with zero attached hydrogens (tertiary/aromatic N) is 1. The summed E-state index contributed by atoms with van der Waals surface area (Å²) in [6.45, 7) is 8.84. The van der Waals surface area contributed by atoms with Crippen LogP contribution in [0.1, 0.15) is 54.1 Å². The van der Waals surface area contributed by atoms with Crippen LogP contribution in [0.15, 0.2) is 4.42 Å². The van der Waals surface area contributed by atoms with Gasteiger partial charge in [0.05, 0.1) is 0 Å². The summed E-state index contributed by atoms with van der Waals surface area (Å²) in [6, 6.07) is 0. The molecule has 1 N–H and O–H groups in total. The van der Waals surface area contributed by atoms with E-state index in [9.17, 15) is 9.90 Å². The highest BCUT2D eigenvalue weighted by Gasteiger charge is 2.25. The van der Waals surface area contributed by atoms with Crippen LogP contribution >= 0.6 is 12.4 Å². The first-order valence-electron chi connectivity index (χ1n) is 7.05. The molecule has 1 aliphatic rings. The predicted octanol–water partition coefficient (Wildman–Crippen LogP) is 3.50. The first-order chi connectivity index (χ1) is 8.99. The lowest BCUT2D eigenvalue weighted by molar-refractivity contribution is 0.0692. The van der Waals surface area contributed by atoms with Gasteiger partial charge in [0.15, 0.2) is 0 Å². The van der Waals surface area contributed by atoms with E-state index in [4.69, 9.17) is 4.42 Å². The van der Waals surface area contributed by atoms with Crippen molar-refractivity contribution in [1.29, 1.82) is 0 Å². The second kappa shape index (κ2) is 7.14. The van der Waals surface area contributed by atoms with Gasteiger partial charge in [0.25, 0.3) is 0 Å². The van der Waals surface area contributed by atoms with Crippen LogP contribution in [0.4, 0.5) is 0 Å². The average molecular weight is 302 g/mol. The molecule has 20 heavy (non-hydrogen) atoms. The third-order valence-electron chi connectivity index (χ3n) is 3.67. The summed E-state index contributed by atoms with van der Waals surface area (Å²) in [4.78, 5) is 13.8. The number of aromatic carboxylic acids is 1. The molecule has 0 saturated carbocycles. The molecule has 1 aliphatic heterocycles. The largest absolute Gasteiger partial charge is 0.478 e.